The molecular formula is C24H38N4O7. The van der Waals surface area contributed by atoms with Crippen molar-refractivity contribution in [2.45, 2.75) is 77.7 Å². The van der Waals surface area contributed by atoms with E-state index < -0.39 is 54.1 Å². The fraction of sp³-hybridized carbons (Fsp3) is 0.583. The Morgan fingerprint density at radius 3 is 1.83 bits per heavy atom. The first kappa shape index (κ1) is 30.2. The maximum atomic E-state index is 12.4. The zero-order chi connectivity index (χ0) is 26.9. The molecule has 0 aliphatic heterocycles. The van der Waals surface area contributed by atoms with E-state index in [2.05, 4.69) is 0 Å². The molecule has 35 heavy (non-hydrogen) atoms. The molecule has 0 aliphatic carbocycles. The molecule has 1 rings (SSSR count). The molecule has 6 atom stereocenters. The number of esters is 4. The molecule has 0 radical (unpaired) electrons. The van der Waals surface area contributed by atoms with Gasteiger partial charge < -0.3 is 37.1 Å². The first-order valence-corrected chi connectivity index (χ1v) is 11.6. The molecule has 0 saturated carbocycles. The second kappa shape index (κ2) is 13.9. The summed E-state index contributed by atoms with van der Waals surface area (Å²) < 4.78 is 15.1. The summed E-state index contributed by atoms with van der Waals surface area (Å²) in [5.41, 5.74) is 23.9. The number of ether oxygens (including phenoxy) is 3. The Kier molecular flexibility index (Phi) is 12.0. The topological polar surface area (TPSA) is 200 Å². The minimum atomic E-state index is -1.40. The van der Waals surface area contributed by atoms with Gasteiger partial charge in [0.05, 0.1) is 0 Å². The lowest BCUT2D eigenvalue weighted by molar-refractivity contribution is -0.165. The van der Waals surface area contributed by atoms with Gasteiger partial charge in [0.1, 0.15) is 36.0 Å². The summed E-state index contributed by atoms with van der Waals surface area (Å²) in [6.45, 7) is 8.62. The lowest BCUT2D eigenvalue weighted by atomic mass is 10.0. The van der Waals surface area contributed by atoms with Crippen molar-refractivity contribution in [2.24, 2.45) is 34.8 Å². The fourth-order valence-corrected chi connectivity index (χ4v) is 2.74. The zero-order valence-electron chi connectivity index (χ0n) is 20.9. The van der Waals surface area contributed by atoms with Crippen LogP contribution in [0.2, 0.25) is 0 Å². The molecule has 0 fully saturated rings. The van der Waals surface area contributed by atoms with E-state index >= 15 is 0 Å². The maximum absolute atomic E-state index is 12.4. The number of benzene rings is 1. The molecule has 0 bridgehead atoms. The third kappa shape index (κ3) is 9.36. The molecule has 0 heterocycles. The average Bonchev–Trinajstić information content (AvgIpc) is 2.82. The minimum Gasteiger partial charge on any atom is -0.459 e. The molecular weight excluding hydrogens is 456 g/mol. The van der Waals surface area contributed by atoms with Crippen molar-refractivity contribution >= 4 is 23.9 Å². The van der Waals surface area contributed by atoms with Gasteiger partial charge in [-0.25, -0.2) is 14.4 Å². The fourth-order valence-electron chi connectivity index (χ4n) is 2.74. The van der Waals surface area contributed by atoms with Crippen LogP contribution in [0, 0.1) is 11.8 Å². The number of hydrogen-bond acceptors (Lipinski definition) is 11. The van der Waals surface area contributed by atoms with Crippen LogP contribution in [0.1, 0.15) is 46.6 Å². The van der Waals surface area contributed by atoms with Crippen LogP contribution in [0.3, 0.4) is 0 Å². The number of hydrogen-bond donors (Lipinski definition) is 4. The molecule has 0 saturated heterocycles. The van der Waals surface area contributed by atoms with Gasteiger partial charge in [-0.3, -0.25) is 4.79 Å². The van der Waals surface area contributed by atoms with Crippen molar-refractivity contribution in [3.05, 3.63) is 29.8 Å². The van der Waals surface area contributed by atoms with Crippen LogP contribution < -0.4 is 27.7 Å². The van der Waals surface area contributed by atoms with Crippen molar-refractivity contribution in [3.63, 3.8) is 0 Å². The summed E-state index contributed by atoms with van der Waals surface area (Å²) in [7, 11) is 0. The molecule has 196 valence electrons. The van der Waals surface area contributed by atoms with E-state index in [0.29, 0.717) is 17.7 Å². The highest BCUT2D eigenvalue weighted by atomic mass is 16.6. The zero-order valence-corrected chi connectivity index (χ0v) is 20.9. The van der Waals surface area contributed by atoms with Gasteiger partial charge in [-0.2, -0.15) is 0 Å². The Morgan fingerprint density at radius 1 is 0.771 bits per heavy atom. The van der Waals surface area contributed by atoms with Gasteiger partial charge in [0.25, 0.3) is 0 Å². The Morgan fingerprint density at radius 2 is 1.31 bits per heavy atom. The largest absolute Gasteiger partial charge is 0.459 e. The summed E-state index contributed by atoms with van der Waals surface area (Å²) in [5.74, 6) is -3.21. The van der Waals surface area contributed by atoms with Gasteiger partial charge in [0.15, 0.2) is 0 Å². The highest BCUT2D eigenvalue weighted by Crippen LogP contribution is 2.15. The summed E-state index contributed by atoms with van der Waals surface area (Å²) in [6.07, 6.45) is -0.351. The van der Waals surface area contributed by atoms with E-state index in [9.17, 15) is 19.2 Å². The Labute approximate surface area is 205 Å². The molecule has 0 amide bonds. The van der Waals surface area contributed by atoms with E-state index in [-0.39, 0.29) is 18.3 Å². The smallest absolute Gasteiger partial charge is 0.334 e. The van der Waals surface area contributed by atoms with E-state index in [1.54, 1.807) is 31.2 Å². The first-order chi connectivity index (χ1) is 16.3. The minimum absolute atomic E-state index is 0.0639. The van der Waals surface area contributed by atoms with Gasteiger partial charge in [-0.05, 0) is 42.9 Å². The maximum Gasteiger partial charge on any atom is 0.334 e. The average molecular weight is 495 g/mol. The van der Waals surface area contributed by atoms with Crippen LogP contribution >= 0.6 is 0 Å². The highest BCUT2D eigenvalue weighted by molar-refractivity contribution is 5.91. The van der Waals surface area contributed by atoms with Crippen LogP contribution in [0.5, 0.6) is 5.75 Å². The highest BCUT2D eigenvalue weighted by Gasteiger charge is 2.31. The van der Waals surface area contributed by atoms with Gasteiger partial charge in [-0.15, -0.1) is 0 Å². The first-order valence-electron chi connectivity index (χ1n) is 11.6. The van der Waals surface area contributed by atoms with Crippen LogP contribution in [-0.4, -0.2) is 54.1 Å². The van der Waals surface area contributed by atoms with Crippen LogP contribution in [0.4, 0.5) is 0 Å². The summed E-state index contributed by atoms with van der Waals surface area (Å²) in [5, 5.41) is 0. The van der Waals surface area contributed by atoms with E-state index in [1.165, 1.54) is 6.92 Å². The normalized spacial score (nSPS) is 16.4. The number of nitrogens with two attached hydrogens (primary N) is 4. The van der Waals surface area contributed by atoms with Crippen molar-refractivity contribution in [2.75, 3.05) is 0 Å². The SMILES string of the molecule is CC[C@H](C)[C@H](N)C(=O)OC(=O)[C@@H](N)[C@@H](C)OC(=O)[C@@H](N)Cc1ccc(OC(=O)[C@@H](N)C(C)C)cc1. The molecule has 0 spiro atoms. The molecule has 0 unspecified atom stereocenters. The van der Waals surface area contributed by atoms with Gasteiger partial charge in [0.2, 0.25) is 0 Å². The molecule has 11 nitrogen and oxygen atoms in total. The van der Waals surface area contributed by atoms with Gasteiger partial charge in [-0.1, -0.05) is 46.2 Å². The molecule has 0 aliphatic rings. The molecule has 11 heteroatoms. The summed E-state index contributed by atoms with van der Waals surface area (Å²) in [4.78, 5) is 48.4. The van der Waals surface area contributed by atoms with E-state index in [1.807, 2.05) is 20.8 Å². The molecule has 1 aromatic carbocycles. The van der Waals surface area contributed by atoms with Crippen molar-refractivity contribution in [1.82, 2.24) is 0 Å². The van der Waals surface area contributed by atoms with Crippen molar-refractivity contribution < 1.29 is 33.4 Å². The lowest BCUT2D eigenvalue weighted by Gasteiger charge is -2.22. The van der Waals surface area contributed by atoms with Crippen LogP contribution in [0.15, 0.2) is 24.3 Å². The second-order valence-electron chi connectivity index (χ2n) is 8.96. The third-order valence-corrected chi connectivity index (χ3v) is 5.70. The second-order valence-corrected chi connectivity index (χ2v) is 8.96. The Hall–Kier alpha value is -2.86. The number of carbonyl (C=O) groups is 4. The number of rotatable bonds is 12. The van der Waals surface area contributed by atoms with E-state index in [4.69, 9.17) is 37.1 Å². The Balaban J connectivity index is 2.60. The lowest BCUT2D eigenvalue weighted by Crippen LogP contribution is -2.48. The van der Waals surface area contributed by atoms with E-state index in [0.717, 1.165) is 0 Å². The van der Waals surface area contributed by atoms with Crippen molar-refractivity contribution in [1.29, 1.82) is 0 Å². The molecule has 0 aromatic heterocycles. The molecule has 8 N–H and O–H groups in total. The summed E-state index contributed by atoms with van der Waals surface area (Å²) in [6, 6.07) is 2.27. The predicted molar refractivity (Wildman–Crippen MR) is 129 cm³/mol. The summed E-state index contributed by atoms with van der Waals surface area (Å²) >= 11 is 0. The van der Waals surface area contributed by atoms with Crippen LogP contribution in [-0.2, 0) is 35.1 Å². The standard InChI is InChI=1S/C24H38N4O7/c1-6-13(4)19(27)23(31)35-24(32)20(28)14(5)33-21(29)17(25)11-15-7-9-16(10-8-15)34-22(30)18(26)12(2)3/h7-10,12-14,17-20H,6,11,25-28H2,1-5H3/t13-,14+,17-,18-,19-,20-/m0/s1. The quantitative estimate of drug-likeness (QED) is 0.175. The van der Waals surface area contributed by atoms with Gasteiger partial charge >= 0.3 is 23.9 Å². The number of carbonyl (C=O) groups excluding carboxylic acids is 4. The third-order valence-electron chi connectivity index (χ3n) is 5.70. The molecule has 1 aromatic rings. The predicted octanol–water partition coefficient (Wildman–Crippen LogP) is 0.147. The Bertz CT molecular complexity index is 875. The van der Waals surface area contributed by atoms with Crippen LogP contribution in [0.25, 0.3) is 0 Å². The van der Waals surface area contributed by atoms with Crippen molar-refractivity contribution in [3.8, 4) is 5.75 Å². The monoisotopic (exact) mass is 494 g/mol. The van der Waals surface area contributed by atoms with Gasteiger partial charge in [0, 0.05) is 0 Å².